The highest BCUT2D eigenvalue weighted by Gasteiger charge is 2.23. The van der Waals surface area contributed by atoms with Gasteiger partial charge in [-0.3, -0.25) is 0 Å². The molecule has 7 nitrogen and oxygen atoms in total. The van der Waals surface area contributed by atoms with Crippen molar-refractivity contribution in [3.8, 4) is 5.88 Å². The molecule has 1 aliphatic carbocycles. The van der Waals surface area contributed by atoms with E-state index in [0.717, 1.165) is 6.42 Å². The van der Waals surface area contributed by atoms with Crippen molar-refractivity contribution in [1.82, 2.24) is 19.5 Å². The minimum atomic E-state index is -0.224. The van der Waals surface area contributed by atoms with Crippen LogP contribution in [0.4, 0.5) is 5.95 Å². The van der Waals surface area contributed by atoms with E-state index in [-0.39, 0.29) is 30.4 Å². The Morgan fingerprint density at radius 3 is 3.00 bits per heavy atom. The normalized spacial score (nSPS) is 22.9. The van der Waals surface area contributed by atoms with Crippen LogP contribution in [-0.2, 0) is 5.11 Å². The van der Waals surface area contributed by atoms with Gasteiger partial charge in [-0.1, -0.05) is 12.2 Å². The number of anilines is 1. The van der Waals surface area contributed by atoms with Gasteiger partial charge in [-0.2, -0.15) is 9.97 Å². The predicted octanol–water partition coefficient (Wildman–Crippen LogP) is 0.662. The van der Waals surface area contributed by atoms with Gasteiger partial charge in [-0.15, -0.1) is 0 Å². The lowest BCUT2D eigenvalue weighted by atomic mass is 10.1. The van der Waals surface area contributed by atoms with Gasteiger partial charge >= 0.3 is 0 Å². The first-order valence-corrected chi connectivity index (χ1v) is 5.64. The Kier molecular flexibility index (Phi) is 2.41. The number of nitrogens with two attached hydrogens (primary N) is 1. The van der Waals surface area contributed by atoms with Crippen molar-refractivity contribution in [2.45, 2.75) is 12.5 Å². The minimum absolute atomic E-state index is 0.00380. The van der Waals surface area contributed by atoms with Crippen molar-refractivity contribution in [3.63, 3.8) is 0 Å². The molecule has 18 heavy (non-hydrogen) atoms. The van der Waals surface area contributed by atoms with Crippen LogP contribution in [0.15, 0.2) is 18.5 Å². The SMILES string of the molecule is Nc1nc(O)c2ncn([C@H]3C=C[C@@H](C[O])C3)c2n1. The van der Waals surface area contributed by atoms with Crippen LogP contribution in [0, 0.1) is 5.92 Å². The van der Waals surface area contributed by atoms with E-state index in [2.05, 4.69) is 15.0 Å². The molecule has 7 heteroatoms. The molecule has 3 rings (SSSR count). The molecule has 93 valence electrons. The molecule has 0 fully saturated rings. The smallest absolute Gasteiger partial charge is 0.244 e. The maximum absolute atomic E-state index is 10.9. The van der Waals surface area contributed by atoms with Gasteiger partial charge in [0, 0.05) is 5.92 Å². The number of hydrogen-bond acceptors (Lipinski definition) is 5. The summed E-state index contributed by atoms with van der Waals surface area (Å²) in [6.45, 7) is -0.123. The standard InChI is InChI=1S/C11H12N5O2/c12-11-14-9-8(10(18)15-11)13-5-16(9)7-2-1-6(3-7)4-17/h1-2,5-7H,3-4H2,(H3,12,14,15,18)/t6-,7+/m1/s1. The molecular formula is C11H12N5O2. The van der Waals surface area contributed by atoms with E-state index in [1.165, 1.54) is 0 Å². The summed E-state index contributed by atoms with van der Waals surface area (Å²) in [5, 5.41) is 20.5. The van der Waals surface area contributed by atoms with E-state index in [1.54, 1.807) is 10.9 Å². The average molecular weight is 246 g/mol. The van der Waals surface area contributed by atoms with Crippen LogP contribution < -0.4 is 5.73 Å². The zero-order valence-corrected chi connectivity index (χ0v) is 9.52. The summed E-state index contributed by atoms with van der Waals surface area (Å²) >= 11 is 0. The number of imidazole rings is 1. The number of nitrogen functional groups attached to an aromatic ring is 1. The molecule has 0 aliphatic heterocycles. The summed E-state index contributed by atoms with van der Waals surface area (Å²) in [6.07, 6.45) is 6.17. The van der Waals surface area contributed by atoms with Gasteiger partial charge in [0.05, 0.1) is 19.0 Å². The Labute approximate surface area is 103 Å². The number of fused-ring (bicyclic) bond motifs is 1. The zero-order chi connectivity index (χ0) is 12.7. The summed E-state index contributed by atoms with van der Waals surface area (Å²) in [5.41, 5.74) is 6.32. The molecule has 0 unspecified atom stereocenters. The third-order valence-electron chi connectivity index (χ3n) is 3.14. The zero-order valence-electron chi connectivity index (χ0n) is 9.52. The molecule has 1 aliphatic rings. The number of aromatic hydroxyl groups is 1. The number of rotatable bonds is 2. The van der Waals surface area contributed by atoms with E-state index in [0.29, 0.717) is 11.2 Å². The lowest BCUT2D eigenvalue weighted by Gasteiger charge is -2.12. The largest absolute Gasteiger partial charge is 0.492 e. The third kappa shape index (κ3) is 1.60. The van der Waals surface area contributed by atoms with Gasteiger partial charge in [0.2, 0.25) is 11.8 Å². The monoisotopic (exact) mass is 246 g/mol. The van der Waals surface area contributed by atoms with Crippen LogP contribution in [-0.4, -0.2) is 31.2 Å². The first-order valence-electron chi connectivity index (χ1n) is 5.64. The van der Waals surface area contributed by atoms with Crippen LogP contribution in [0.2, 0.25) is 0 Å². The summed E-state index contributed by atoms with van der Waals surface area (Å²) in [5.74, 6) is -0.178. The van der Waals surface area contributed by atoms with Crippen molar-refractivity contribution in [3.05, 3.63) is 18.5 Å². The van der Waals surface area contributed by atoms with Gasteiger partial charge in [0.25, 0.3) is 0 Å². The minimum Gasteiger partial charge on any atom is -0.492 e. The van der Waals surface area contributed by atoms with Crippen molar-refractivity contribution >= 4 is 17.1 Å². The van der Waals surface area contributed by atoms with E-state index in [4.69, 9.17) is 5.73 Å². The number of aromatic nitrogens is 4. The number of nitrogens with zero attached hydrogens (tertiary/aromatic N) is 4. The maximum atomic E-state index is 10.9. The van der Waals surface area contributed by atoms with Crippen LogP contribution >= 0.6 is 0 Å². The predicted molar refractivity (Wildman–Crippen MR) is 63.2 cm³/mol. The molecule has 2 atom stereocenters. The fourth-order valence-electron chi connectivity index (χ4n) is 2.24. The second-order valence-electron chi connectivity index (χ2n) is 4.34. The van der Waals surface area contributed by atoms with E-state index >= 15 is 0 Å². The van der Waals surface area contributed by atoms with E-state index < -0.39 is 0 Å². The van der Waals surface area contributed by atoms with Crippen LogP contribution in [0.3, 0.4) is 0 Å². The first-order chi connectivity index (χ1) is 8.69. The third-order valence-corrected chi connectivity index (χ3v) is 3.14. The van der Waals surface area contributed by atoms with E-state index in [1.807, 2.05) is 12.2 Å². The Bertz CT molecular complexity index is 621. The van der Waals surface area contributed by atoms with Crippen LogP contribution in [0.5, 0.6) is 5.88 Å². The molecule has 2 aromatic heterocycles. The highest BCUT2D eigenvalue weighted by Crippen LogP contribution is 2.31. The van der Waals surface area contributed by atoms with Gasteiger partial charge in [-0.25, -0.2) is 10.1 Å². The molecule has 0 aromatic carbocycles. The topological polar surface area (TPSA) is 110 Å². The molecule has 0 spiro atoms. The molecule has 0 amide bonds. The van der Waals surface area contributed by atoms with Gasteiger partial charge in [0.1, 0.15) is 0 Å². The fraction of sp³-hybridized carbons (Fsp3) is 0.364. The molecule has 0 bridgehead atoms. The van der Waals surface area contributed by atoms with Crippen molar-refractivity contribution in [1.29, 1.82) is 0 Å². The van der Waals surface area contributed by atoms with Crippen molar-refractivity contribution in [2.24, 2.45) is 5.92 Å². The maximum Gasteiger partial charge on any atom is 0.244 e. The van der Waals surface area contributed by atoms with Crippen molar-refractivity contribution < 1.29 is 10.2 Å². The molecule has 0 saturated heterocycles. The quantitative estimate of drug-likeness (QED) is 0.756. The second kappa shape index (κ2) is 3.95. The first kappa shape index (κ1) is 11.0. The Morgan fingerprint density at radius 1 is 1.44 bits per heavy atom. The van der Waals surface area contributed by atoms with Gasteiger partial charge in [0.15, 0.2) is 11.2 Å². The lowest BCUT2D eigenvalue weighted by molar-refractivity contribution is 0.158. The molecule has 0 saturated carbocycles. The Morgan fingerprint density at radius 2 is 2.28 bits per heavy atom. The Hall–Kier alpha value is -2.15. The lowest BCUT2D eigenvalue weighted by Crippen LogP contribution is -2.08. The highest BCUT2D eigenvalue weighted by molar-refractivity contribution is 5.77. The molecule has 3 N–H and O–H groups in total. The van der Waals surface area contributed by atoms with Gasteiger partial charge in [-0.05, 0) is 6.42 Å². The number of hydrogen-bond donors (Lipinski definition) is 2. The van der Waals surface area contributed by atoms with Gasteiger partial charge < -0.3 is 15.4 Å². The average Bonchev–Trinajstić information content (AvgIpc) is 2.93. The molecular weight excluding hydrogens is 234 g/mol. The number of allylic oxidation sites excluding steroid dienone is 1. The summed E-state index contributed by atoms with van der Waals surface area (Å²) in [4.78, 5) is 11.8. The fourth-order valence-corrected chi connectivity index (χ4v) is 2.24. The van der Waals surface area contributed by atoms with E-state index in [9.17, 15) is 10.2 Å². The van der Waals surface area contributed by atoms with Crippen LogP contribution in [0.25, 0.3) is 11.2 Å². The second-order valence-corrected chi connectivity index (χ2v) is 4.34. The van der Waals surface area contributed by atoms with Crippen molar-refractivity contribution in [2.75, 3.05) is 12.3 Å². The molecule has 2 aromatic rings. The Balaban J connectivity index is 2.06. The highest BCUT2D eigenvalue weighted by atomic mass is 16.3. The summed E-state index contributed by atoms with van der Waals surface area (Å²) in [6, 6.07) is 0.0302. The summed E-state index contributed by atoms with van der Waals surface area (Å²) in [7, 11) is 0. The summed E-state index contributed by atoms with van der Waals surface area (Å²) < 4.78 is 1.80. The van der Waals surface area contributed by atoms with Crippen LogP contribution in [0.1, 0.15) is 12.5 Å². The molecule has 1 radical (unpaired) electrons. The molecule has 2 heterocycles.